The summed E-state index contributed by atoms with van der Waals surface area (Å²) in [6, 6.07) is 0.621. The lowest BCUT2D eigenvalue weighted by Gasteiger charge is -2.44. The Morgan fingerprint density at radius 2 is 1.31 bits per heavy atom. The van der Waals surface area contributed by atoms with Crippen molar-refractivity contribution in [3.8, 4) is 0 Å². The highest BCUT2D eigenvalue weighted by molar-refractivity contribution is 4.87. The quantitative estimate of drug-likeness (QED) is 0.649. The first-order valence-corrected chi connectivity index (χ1v) is 5.44. The zero-order valence-corrected chi connectivity index (χ0v) is 10.7. The summed E-state index contributed by atoms with van der Waals surface area (Å²) in [5.41, 5.74) is 0.294. The molecule has 1 atom stereocenters. The van der Waals surface area contributed by atoms with Gasteiger partial charge >= 0.3 is 0 Å². The molecule has 0 aromatic heterocycles. The van der Waals surface area contributed by atoms with Crippen molar-refractivity contribution in [1.82, 2.24) is 4.90 Å². The van der Waals surface area contributed by atoms with E-state index in [1.165, 1.54) is 0 Å². The fourth-order valence-electron chi connectivity index (χ4n) is 1.80. The molecule has 80 valence electrons. The molecule has 0 N–H and O–H groups in total. The van der Waals surface area contributed by atoms with E-state index in [1.807, 2.05) is 0 Å². The molecule has 0 spiro atoms. The highest BCUT2D eigenvalue weighted by atomic mass is 15.2. The van der Waals surface area contributed by atoms with Gasteiger partial charge in [-0.25, -0.2) is 0 Å². The van der Waals surface area contributed by atoms with E-state index in [9.17, 15) is 0 Å². The van der Waals surface area contributed by atoms with Gasteiger partial charge < -0.3 is 0 Å². The second-order valence-corrected chi connectivity index (χ2v) is 5.39. The van der Waals surface area contributed by atoms with E-state index < -0.39 is 0 Å². The van der Waals surface area contributed by atoms with E-state index >= 15 is 0 Å². The van der Waals surface area contributed by atoms with Crippen LogP contribution in [0.4, 0.5) is 0 Å². The lowest BCUT2D eigenvalue weighted by molar-refractivity contribution is 0.0480. The molecule has 0 bridgehead atoms. The highest BCUT2D eigenvalue weighted by Gasteiger charge is 2.32. The maximum absolute atomic E-state index is 2.47. The molecule has 0 aromatic rings. The third-order valence-electron chi connectivity index (χ3n) is 3.80. The molecule has 0 saturated carbocycles. The summed E-state index contributed by atoms with van der Waals surface area (Å²) in [6.07, 6.45) is 0. The standard InChI is InChI=1S/C12H27N/c1-9(2)11(5)12(6,7)13(8)10(3)4/h9-11H,1-8H3. The molecule has 1 heteroatoms. The number of hydrogen-bond acceptors (Lipinski definition) is 1. The van der Waals surface area contributed by atoms with Crippen LogP contribution in [0.15, 0.2) is 0 Å². The maximum Gasteiger partial charge on any atom is 0.0180 e. The molecule has 1 unspecified atom stereocenters. The average molecular weight is 185 g/mol. The van der Waals surface area contributed by atoms with Crippen molar-refractivity contribution >= 4 is 0 Å². The van der Waals surface area contributed by atoms with Crippen LogP contribution < -0.4 is 0 Å². The van der Waals surface area contributed by atoms with Crippen LogP contribution in [0.5, 0.6) is 0 Å². The van der Waals surface area contributed by atoms with Gasteiger partial charge in [0.25, 0.3) is 0 Å². The van der Waals surface area contributed by atoms with Crippen LogP contribution in [0.2, 0.25) is 0 Å². The molecule has 0 saturated heterocycles. The summed E-state index contributed by atoms with van der Waals surface area (Å²) in [4.78, 5) is 2.47. The van der Waals surface area contributed by atoms with Gasteiger partial charge in [-0.05, 0) is 46.6 Å². The monoisotopic (exact) mass is 185 g/mol. The maximum atomic E-state index is 2.47. The van der Waals surface area contributed by atoms with Crippen LogP contribution in [0.25, 0.3) is 0 Å². The van der Waals surface area contributed by atoms with Crippen molar-refractivity contribution in [2.45, 2.75) is 60.0 Å². The minimum Gasteiger partial charge on any atom is -0.299 e. The summed E-state index contributed by atoms with van der Waals surface area (Å²) in [5, 5.41) is 0. The molecule has 0 aliphatic carbocycles. The Labute approximate surface area is 84.5 Å². The molecule has 0 rings (SSSR count). The van der Waals surface area contributed by atoms with Gasteiger partial charge in [0.1, 0.15) is 0 Å². The third kappa shape index (κ3) is 2.98. The summed E-state index contributed by atoms with van der Waals surface area (Å²) in [7, 11) is 2.23. The molecular formula is C12H27N. The van der Waals surface area contributed by atoms with E-state index in [0.29, 0.717) is 11.6 Å². The van der Waals surface area contributed by atoms with E-state index in [4.69, 9.17) is 0 Å². The van der Waals surface area contributed by atoms with Crippen molar-refractivity contribution < 1.29 is 0 Å². The van der Waals surface area contributed by atoms with E-state index in [0.717, 1.165) is 11.8 Å². The van der Waals surface area contributed by atoms with Gasteiger partial charge in [-0.15, -0.1) is 0 Å². The van der Waals surface area contributed by atoms with Gasteiger partial charge in [0.05, 0.1) is 0 Å². The van der Waals surface area contributed by atoms with Crippen LogP contribution in [-0.4, -0.2) is 23.5 Å². The molecule has 0 amide bonds. The SMILES string of the molecule is CC(C)C(C)C(C)(C)N(C)C(C)C. The van der Waals surface area contributed by atoms with Gasteiger partial charge in [-0.1, -0.05) is 20.8 Å². The smallest absolute Gasteiger partial charge is 0.0180 e. The number of hydrogen-bond donors (Lipinski definition) is 0. The second-order valence-electron chi connectivity index (χ2n) is 5.39. The molecule has 0 radical (unpaired) electrons. The summed E-state index contributed by atoms with van der Waals surface area (Å²) >= 11 is 0. The first-order chi connectivity index (χ1) is 5.71. The van der Waals surface area contributed by atoms with Crippen LogP contribution >= 0.6 is 0 Å². The Hall–Kier alpha value is -0.0400. The van der Waals surface area contributed by atoms with Crippen molar-refractivity contribution in [1.29, 1.82) is 0 Å². The van der Waals surface area contributed by atoms with Gasteiger partial charge in [0.2, 0.25) is 0 Å². The summed E-state index contributed by atoms with van der Waals surface area (Å²) in [6.45, 7) is 16.2. The Morgan fingerprint density at radius 1 is 0.923 bits per heavy atom. The predicted octanol–water partition coefficient (Wildman–Crippen LogP) is 3.40. The molecule has 13 heavy (non-hydrogen) atoms. The van der Waals surface area contributed by atoms with Gasteiger partial charge in [-0.3, -0.25) is 4.90 Å². The number of nitrogens with zero attached hydrogens (tertiary/aromatic N) is 1. The van der Waals surface area contributed by atoms with Crippen LogP contribution in [0.1, 0.15) is 48.5 Å². The molecule has 0 aromatic carbocycles. The van der Waals surface area contributed by atoms with Crippen LogP contribution in [-0.2, 0) is 0 Å². The van der Waals surface area contributed by atoms with E-state index in [-0.39, 0.29) is 0 Å². The topological polar surface area (TPSA) is 3.24 Å². The molecule has 0 fully saturated rings. The van der Waals surface area contributed by atoms with Crippen molar-refractivity contribution in [2.75, 3.05) is 7.05 Å². The van der Waals surface area contributed by atoms with Crippen molar-refractivity contribution in [2.24, 2.45) is 11.8 Å². The normalized spacial score (nSPS) is 15.9. The zero-order valence-electron chi connectivity index (χ0n) is 10.7. The molecule has 1 nitrogen and oxygen atoms in total. The summed E-state index contributed by atoms with van der Waals surface area (Å²) < 4.78 is 0. The largest absolute Gasteiger partial charge is 0.299 e. The second kappa shape index (κ2) is 4.45. The van der Waals surface area contributed by atoms with Gasteiger partial charge in [-0.2, -0.15) is 0 Å². The fraction of sp³-hybridized carbons (Fsp3) is 1.00. The minimum atomic E-state index is 0.294. The van der Waals surface area contributed by atoms with Crippen molar-refractivity contribution in [3.05, 3.63) is 0 Å². The molecule has 0 aliphatic heterocycles. The minimum absolute atomic E-state index is 0.294. The molecular weight excluding hydrogens is 158 g/mol. The third-order valence-corrected chi connectivity index (χ3v) is 3.80. The lowest BCUT2D eigenvalue weighted by atomic mass is 9.79. The van der Waals surface area contributed by atoms with Crippen LogP contribution in [0, 0.1) is 11.8 Å². The average Bonchev–Trinajstić information content (AvgIpc) is 2.01. The zero-order chi connectivity index (χ0) is 10.8. The van der Waals surface area contributed by atoms with Gasteiger partial charge in [0.15, 0.2) is 0 Å². The highest BCUT2D eigenvalue weighted by Crippen LogP contribution is 2.30. The molecule has 0 aliphatic rings. The van der Waals surface area contributed by atoms with Gasteiger partial charge in [0, 0.05) is 11.6 Å². The lowest BCUT2D eigenvalue weighted by Crippen LogP contribution is -2.50. The molecule has 0 heterocycles. The van der Waals surface area contributed by atoms with Crippen molar-refractivity contribution in [3.63, 3.8) is 0 Å². The Bertz CT molecular complexity index is 131. The Kier molecular flexibility index (Phi) is 4.44. The first-order valence-electron chi connectivity index (χ1n) is 5.44. The predicted molar refractivity (Wildman–Crippen MR) is 61.0 cm³/mol. The first kappa shape index (κ1) is 13.0. The van der Waals surface area contributed by atoms with E-state index in [2.05, 4.69) is 60.4 Å². The van der Waals surface area contributed by atoms with E-state index in [1.54, 1.807) is 0 Å². The summed E-state index contributed by atoms with van der Waals surface area (Å²) in [5.74, 6) is 1.47. The Morgan fingerprint density at radius 3 is 1.54 bits per heavy atom. The van der Waals surface area contributed by atoms with Crippen LogP contribution in [0.3, 0.4) is 0 Å². The fourth-order valence-corrected chi connectivity index (χ4v) is 1.80. The number of rotatable bonds is 4. The Balaban J connectivity index is 4.54.